The molecule has 2 aromatic rings. The van der Waals surface area contributed by atoms with Crippen LogP contribution in [0.3, 0.4) is 0 Å². The molecule has 22 heavy (non-hydrogen) atoms. The second-order valence-electron chi connectivity index (χ2n) is 4.80. The first-order valence-electron chi connectivity index (χ1n) is 6.90. The largest absolute Gasteiger partial charge is 0.448 e. The van der Waals surface area contributed by atoms with E-state index in [1.165, 1.54) is 4.90 Å². The van der Waals surface area contributed by atoms with Gasteiger partial charge in [-0.3, -0.25) is 14.7 Å². The molecule has 0 bridgehead atoms. The summed E-state index contributed by atoms with van der Waals surface area (Å²) in [5, 5.41) is 4.82. The summed E-state index contributed by atoms with van der Waals surface area (Å²) < 4.78 is 4.80. The Balaban J connectivity index is 1.62. The van der Waals surface area contributed by atoms with E-state index in [4.69, 9.17) is 4.74 Å². The summed E-state index contributed by atoms with van der Waals surface area (Å²) >= 11 is 1.61. The molecule has 0 aromatic carbocycles. The van der Waals surface area contributed by atoms with Gasteiger partial charge in [-0.05, 0) is 23.1 Å². The standard InChI is InChI=1S/C15H15N3O3S/c19-13(10-18-6-7-21-15(18)20)17-9-11-3-1-5-16-14(11)12-4-2-8-22-12/h1-5,8H,6-7,9-10H2,(H,17,19). The molecule has 0 atom stereocenters. The van der Waals surface area contributed by atoms with Crippen LogP contribution in [0.2, 0.25) is 0 Å². The summed E-state index contributed by atoms with van der Waals surface area (Å²) in [6, 6.07) is 7.75. The number of amides is 2. The number of aromatic nitrogens is 1. The molecule has 1 aliphatic heterocycles. The number of nitrogens with one attached hydrogen (secondary N) is 1. The highest BCUT2D eigenvalue weighted by molar-refractivity contribution is 7.13. The maximum atomic E-state index is 11.9. The van der Waals surface area contributed by atoms with Crippen molar-refractivity contribution in [2.75, 3.05) is 19.7 Å². The van der Waals surface area contributed by atoms with E-state index in [0.29, 0.717) is 19.7 Å². The highest BCUT2D eigenvalue weighted by atomic mass is 32.1. The van der Waals surface area contributed by atoms with Crippen molar-refractivity contribution in [2.45, 2.75) is 6.54 Å². The third kappa shape index (κ3) is 3.25. The van der Waals surface area contributed by atoms with Gasteiger partial charge in [0.15, 0.2) is 0 Å². The van der Waals surface area contributed by atoms with Crippen LogP contribution in [0.5, 0.6) is 0 Å². The minimum Gasteiger partial charge on any atom is -0.448 e. The number of rotatable bonds is 5. The second-order valence-corrected chi connectivity index (χ2v) is 5.75. The third-order valence-corrected chi connectivity index (χ3v) is 4.18. The fourth-order valence-electron chi connectivity index (χ4n) is 2.21. The second kappa shape index (κ2) is 6.57. The van der Waals surface area contributed by atoms with Crippen molar-refractivity contribution in [3.05, 3.63) is 41.4 Å². The quantitative estimate of drug-likeness (QED) is 0.914. The van der Waals surface area contributed by atoms with Crippen molar-refractivity contribution in [3.8, 4) is 10.6 Å². The topological polar surface area (TPSA) is 71.5 Å². The van der Waals surface area contributed by atoms with E-state index in [-0.39, 0.29) is 12.5 Å². The normalized spacial score (nSPS) is 14.0. The zero-order valence-electron chi connectivity index (χ0n) is 11.8. The molecular weight excluding hydrogens is 302 g/mol. The van der Waals surface area contributed by atoms with Gasteiger partial charge in [-0.25, -0.2) is 4.79 Å². The Morgan fingerprint density at radius 2 is 2.32 bits per heavy atom. The molecule has 1 N–H and O–H groups in total. The van der Waals surface area contributed by atoms with Crippen molar-refractivity contribution in [3.63, 3.8) is 0 Å². The van der Waals surface area contributed by atoms with E-state index in [0.717, 1.165) is 16.1 Å². The van der Waals surface area contributed by atoms with E-state index in [1.807, 2.05) is 29.6 Å². The molecule has 6 nitrogen and oxygen atoms in total. The molecule has 2 amide bonds. The van der Waals surface area contributed by atoms with E-state index >= 15 is 0 Å². The van der Waals surface area contributed by atoms with Gasteiger partial charge in [-0.2, -0.15) is 0 Å². The number of ether oxygens (including phenoxy) is 1. The van der Waals surface area contributed by atoms with E-state index < -0.39 is 6.09 Å². The molecule has 0 saturated carbocycles. The Labute approximate surface area is 131 Å². The van der Waals surface area contributed by atoms with Crippen LogP contribution in [0.25, 0.3) is 10.6 Å². The van der Waals surface area contributed by atoms with Gasteiger partial charge in [0.1, 0.15) is 13.2 Å². The Morgan fingerprint density at radius 1 is 1.41 bits per heavy atom. The van der Waals surface area contributed by atoms with Crippen molar-refractivity contribution in [1.29, 1.82) is 0 Å². The monoisotopic (exact) mass is 317 g/mol. The maximum absolute atomic E-state index is 11.9. The fourth-order valence-corrected chi connectivity index (χ4v) is 2.97. The maximum Gasteiger partial charge on any atom is 0.410 e. The first-order valence-corrected chi connectivity index (χ1v) is 7.78. The van der Waals surface area contributed by atoms with Crippen molar-refractivity contribution >= 4 is 23.3 Å². The number of cyclic esters (lactones) is 1. The summed E-state index contributed by atoms with van der Waals surface area (Å²) in [4.78, 5) is 30.1. The van der Waals surface area contributed by atoms with E-state index in [9.17, 15) is 9.59 Å². The van der Waals surface area contributed by atoms with Gasteiger partial charge in [0.05, 0.1) is 17.1 Å². The fraction of sp³-hybridized carbons (Fsp3) is 0.267. The molecule has 1 fully saturated rings. The zero-order valence-corrected chi connectivity index (χ0v) is 12.6. The van der Waals surface area contributed by atoms with Crippen LogP contribution in [-0.2, 0) is 16.1 Å². The number of nitrogens with zero attached hydrogens (tertiary/aromatic N) is 2. The number of carbonyl (C=O) groups is 2. The summed E-state index contributed by atoms with van der Waals surface area (Å²) in [6.45, 7) is 1.20. The third-order valence-electron chi connectivity index (χ3n) is 3.30. The number of hydrogen-bond acceptors (Lipinski definition) is 5. The lowest BCUT2D eigenvalue weighted by molar-refractivity contribution is -0.121. The smallest absolute Gasteiger partial charge is 0.410 e. The Kier molecular flexibility index (Phi) is 4.34. The molecule has 0 radical (unpaired) electrons. The molecule has 0 unspecified atom stereocenters. The lowest BCUT2D eigenvalue weighted by atomic mass is 10.1. The average molecular weight is 317 g/mol. The number of pyridine rings is 1. The summed E-state index contributed by atoms with van der Waals surface area (Å²) in [6.07, 6.45) is 1.30. The first-order chi connectivity index (χ1) is 10.7. The molecule has 0 aliphatic carbocycles. The molecule has 3 heterocycles. The minimum absolute atomic E-state index is 0.0213. The van der Waals surface area contributed by atoms with Gasteiger partial charge in [-0.15, -0.1) is 11.3 Å². The minimum atomic E-state index is -0.434. The molecule has 0 spiro atoms. The van der Waals surface area contributed by atoms with Gasteiger partial charge in [0, 0.05) is 12.7 Å². The van der Waals surface area contributed by atoms with Gasteiger partial charge < -0.3 is 10.1 Å². The van der Waals surface area contributed by atoms with Crippen molar-refractivity contribution in [1.82, 2.24) is 15.2 Å². The summed E-state index contributed by atoms with van der Waals surface area (Å²) in [5.41, 5.74) is 1.82. The lowest BCUT2D eigenvalue weighted by Gasteiger charge is -2.13. The average Bonchev–Trinajstić information content (AvgIpc) is 3.18. The number of carbonyl (C=O) groups excluding carboxylic acids is 2. The molecule has 3 rings (SSSR count). The Hall–Kier alpha value is -2.41. The van der Waals surface area contributed by atoms with Crippen LogP contribution in [0.15, 0.2) is 35.8 Å². The van der Waals surface area contributed by atoms with Crippen molar-refractivity contribution < 1.29 is 14.3 Å². The predicted molar refractivity (Wildman–Crippen MR) is 82.3 cm³/mol. The van der Waals surface area contributed by atoms with Gasteiger partial charge in [-0.1, -0.05) is 12.1 Å². The van der Waals surface area contributed by atoms with Crippen LogP contribution in [0.1, 0.15) is 5.56 Å². The number of thiophene rings is 1. The van der Waals surface area contributed by atoms with Crippen LogP contribution >= 0.6 is 11.3 Å². The molecule has 1 saturated heterocycles. The van der Waals surface area contributed by atoms with E-state index in [1.54, 1.807) is 17.5 Å². The van der Waals surface area contributed by atoms with Gasteiger partial charge in [0.2, 0.25) is 5.91 Å². The molecule has 2 aromatic heterocycles. The van der Waals surface area contributed by atoms with E-state index in [2.05, 4.69) is 10.3 Å². The Bertz CT molecular complexity index is 672. The first kappa shape index (κ1) is 14.5. The molecule has 1 aliphatic rings. The zero-order chi connectivity index (χ0) is 15.4. The highest BCUT2D eigenvalue weighted by Gasteiger charge is 2.24. The number of hydrogen-bond donors (Lipinski definition) is 1. The van der Waals surface area contributed by atoms with Gasteiger partial charge >= 0.3 is 6.09 Å². The summed E-state index contributed by atoms with van der Waals surface area (Å²) in [5.74, 6) is -0.208. The molecule has 114 valence electrons. The van der Waals surface area contributed by atoms with Crippen molar-refractivity contribution in [2.24, 2.45) is 0 Å². The Morgan fingerprint density at radius 3 is 3.05 bits per heavy atom. The highest BCUT2D eigenvalue weighted by Crippen LogP contribution is 2.25. The van der Waals surface area contributed by atoms with Crippen LogP contribution in [0, 0.1) is 0 Å². The summed E-state index contributed by atoms with van der Waals surface area (Å²) in [7, 11) is 0. The van der Waals surface area contributed by atoms with Crippen LogP contribution in [-0.4, -0.2) is 41.6 Å². The predicted octanol–water partition coefficient (Wildman–Crippen LogP) is 1.88. The van der Waals surface area contributed by atoms with Crippen LogP contribution in [0.4, 0.5) is 4.79 Å². The SMILES string of the molecule is O=C(CN1CCOC1=O)NCc1cccnc1-c1cccs1. The van der Waals surface area contributed by atoms with Gasteiger partial charge in [0.25, 0.3) is 0 Å². The lowest BCUT2D eigenvalue weighted by Crippen LogP contribution is -2.37. The van der Waals surface area contributed by atoms with Crippen LogP contribution < -0.4 is 5.32 Å². The molecule has 7 heteroatoms. The molecular formula is C15H15N3O3S.